The van der Waals surface area contributed by atoms with E-state index < -0.39 is 0 Å². The Bertz CT molecular complexity index is 495. The van der Waals surface area contributed by atoms with Crippen molar-refractivity contribution in [3.8, 4) is 0 Å². The predicted octanol–water partition coefficient (Wildman–Crippen LogP) is 2.30. The van der Waals surface area contributed by atoms with E-state index in [1.807, 2.05) is 18.2 Å². The number of hydrogen-bond acceptors (Lipinski definition) is 3. The molecule has 2 aliphatic rings. The molecule has 1 N–H and O–H groups in total. The highest BCUT2D eigenvalue weighted by molar-refractivity contribution is 5.79. The summed E-state index contributed by atoms with van der Waals surface area (Å²) in [5, 5.41) is 3.28. The highest BCUT2D eigenvalue weighted by Gasteiger charge is 2.32. The number of ether oxygens (including phenoxy) is 1. The van der Waals surface area contributed by atoms with Crippen LogP contribution in [-0.2, 0) is 16.1 Å². The van der Waals surface area contributed by atoms with Gasteiger partial charge in [-0.2, -0.15) is 0 Å². The summed E-state index contributed by atoms with van der Waals surface area (Å²) in [7, 11) is 0. The lowest BCUT2D eigenvalue weighted by molar-refractivity contribution is -0.139. The van der Waals surface area contributed by atoms with Crippen LogP contribution in [-0.4, -0.2) is 43.7 Å². The zero-order valence-corrected chi connectivity index (χ0v) is 14.0. The summed E-state index contributed by atoms with van der Waals surface area (Å²) in [6.07, 6.45) is 2.13. The van der Waals surface area contributed by atoms with Crippen LogP contribution in [0.25, 0.3) is 0 Å². The molecular formula is C19H28N2O2. The van der Waals surface area contributed by atoms with Gasteiger partial charge in [-0.15, -0.1) is 0 Å². The number of nitrogens with one attached hydrogen (secondary N) is 1. The van der Waals surface area contributed by atoms with Gasteiger partial charge in [0.15, 0.2) is 0 Å². The number of amides is 1. The van der Waals surface area contributed by atoms with Gasteiger partial charge in [0.05, 0.1) is 0 Å². The molecule has 0 saturated carbocycles. The molecule has 0 bridgehead atoms. The van der Waals surface area contributed by atoms with Crippen LogP contribution in [0.3, 0.4) is 0 Å². The molecule has 4 heteroatoms. The van der Waals surface area contributed by atoms with Gasteiger partial charge < -0.3 is 15.0 Å². The van der Waals surface area contributed by atoms with Crippen molar-refractivity contribution in [2.45, 2.75) is 26.3 Å². The van der Waals surface area contributed by atoms with Crippen molar-refractivity contribution in [2.75, 3.05) is 32.8 Å². The molecule has 2 saturated heterocycles. The molecule has 23 heavy (non-hydrogen) atoms. The SMILES string of the molecule is CC(C(=O)N(Cc1ccccc1)CC1CCOCC1)C1CNC1. The highest BCUT2D eigenvalue weighted by atomic mass is 16.5. The monoisotopic (exact) mass is 316 g/mol. The lowest BCUT2D eigenvalue weighted by atomic mass is 9.87. The van der Waals surface area contributed by atoms with Gasteiger partial charge in [0, 0.05) is 32.2 Å². The molecule has 1 unspecified atom stereocenters. The van der Waals surface area contributed by atoms with Crippen LogP contribution >= 0.6 is 0 Å². The fraction of sp³-hybridized carbons (Fsp3) is 0.632. The Labute approximate surface area is 139 Å². The number of benzene rings is 1. The second-order valence-electron chi connectivity index (χ2n) is 6.97. The molecule has 0 radical (unpaired) electrons. The summed E-state index contributed by atoms with van der Waals surface area (Å²) in [6, 6.07) is 10.3. The quantitative estimate of drug-likeness (QED) is 0.875. The van der Waals surface area contributed by atoms with Crippen LogP contribution < -0.4 is 5.32 Å². The second kappa shape index (κ2) is 7.93. The average molecular weight is 316 g/mol. The number of carbonyl (C=O) groups is 1. The maximum Gasteiger partial charge on any atom is 0.226 e. The van der Waals surface area contributed by atoms with Gasteiger partial charge in [-0.3, -0.25) is 4.79 Å². The molecule has 0 spiro atoms. The third-order valence-corrected chi connectivity index (χ3v) is 5.26. The first-order valence-corrected chi connectivity index (χ1v) is 8.85. The molecule has 2 aliphatic heterocycles. The third kappa shape index (κ3) is 4.33. The zero-order valence-electron chi connectivity index (χ0n) is 14.0. The third-order valence-electron chi connectivity index (χ3n) is 5.26. The van der Waals surface area contributed by atoms with Crippen molar-refractivity contribution < 1.29 is 9.53 Å². The molecule has 0 aromatic heterocycles. The average Bonchev–Trinajstić information content (AvgIpc) is 2.54. The predicted molar refractivity (Wildman–Crippen MR) is 90.9 cm³/mol. The second-order valence-corrected chi connectivity index (χ2v) is 6.97. The van der Waals surface area contributed by atoms with Crippen molar-refractivity contribution in [3.05, 3.63) is 35.9 Å². The van der Waals surface area contributed by atoms with Crippen LogP contribution in [0.1, 0.15) is 25.3 Å². The smallest absolute Gasteiger partial charge is 0.226 e. The van der Waals surface area contributed by atoms with Crippen molar-refractivity contribution in [1.29, 1.82) is 0 Å². The standard InChI is InChI=1S/C19H28N2O2/c1-15(18-11-20-12-18)19(22)21(13-16-5-3-2-4-6-16)14-17-7-9-23-10-8-17/h2-6,15,17-18,20H,7-14H2,1H3. The number of nitrogens with zero attached hydrogens (tertiary/aromatic N) is 1. The molecule has 126 valence electrons. The topological polar surface area (TPSA) is 41.6 Å². The molecular weight excluding hydrogens is 288 g/mol. The first-order chi connectivity index (χ1) is 11.2. The lowest BCUT2D eigenvalue weighted by Crippen LogP contribution is -2.51. The van der Waals surface area contributed by atoms with E-state index in [1.165, 1.54) is 5.56 Å². The molecule has 3 rings (SSSR count). The number of carbonyl (C=O) groups excluding carboxylic acids is 1. The van der Waals surface area contributed by atoms with Crippen LogP contribution in [0.2, 0.25) is 0 Å². The Hall–Kier alpha value is -1.39. The minimum absolute atomic E-state index is 0.111. The van der Waals surface area contributed by atoms with Crippen LogP contribution in [0.4, 0.5) is 0 Å². The van der Waals surface area contributed by atoms with Gasteiger partial charge >= 0.3 is 0 Å². The van der Waals surface area contributed by atoms with E-state index in [-0.39, 0.29) is 5.92 Å². The lowest BCUT2D eigenvalue weighted by Gasteiger charge is -2.37. The zero-order chi connectivity index (χ0) is 16.1. The van der Waals surface area contributed by atoms with E-state index in [1.54, 1.807) is 0 Å². The number of hydrogen-bond donors (Lipinski definition) is 1. The molecule has 4 nitrogen and oxygen atoms in total. The summed E-state index contributed by atoms with van der Waals surface area (Å²) in [6.45, 7) is 7.30. The Balaban J connectivity index is 1.67. The maximum atomic E-state index is 13.0. The normalized spacial score (nSPS) is 20.7. The Morgan fingerprint density at radius 1 is 1.26 bits per heavy atom. The van der Waals surface area contributed by atoms with Crippen molar-refractivity contribution in [2.24, 2.45) is 17.8 Å². The van der Waals surface area contributed by atoms with Crippen molar-refractivity contribution >= 4 is 5.91 Å². The molecule has 0 aliphatic carbocycles. The Kier molecular flexibility index (Phi) is 5.68. The molecule has 2 fully saturated rings. The Morgan fingerprint density at radius 2 is 1.96 bits per heavy atom. The minimum atomic E-state index is 0.111. The van der Waals surface area contributed by atoms with Gasteiger partial charge in [-0.05, 0) is 43.3 Å². The van der Waals surface area contributed by atoms with E-state index in [9.17, 15) is 4.79 Å². The molecule has 1 amide bonds. The van der Waals surface area contributed by atoms with Crippen LogP contribution in [0.5, 0.6) is 0 Å². The summed E-state index contributed by atoms with van der Waals surface area (Å²) >= 11 is 0. The van der Waals surface area contributed by atoms with Gasteiger partial charge in [0.2, 0.25) is 5.91 Å². The Morgan fingerprint density at radius 3 is 2.57 bits per heavy atom. The molecule has 1 aromatic carbocycles. The van der Waals surface area contributed by atoms with E-state index in [0.717, 1.165) is 52.2 Å². The first-order valence-electron chi connectivity index (χ1n) is 8.85. The largest absolute Gasteiger partial charge is 0.381 e. The van der Waals surface area contributed by atoms with Crippen LogP contribution in [0, 0.1) is 17.8 Å². The van der Waals surface area contributed by atoms with Crippen molar-refractivity contribution in [1.82, 2.24) is 10.2 Å². The van der Waals surface area contributed by atoms with E-state index in [4.69, 9.17) is 4.74 Å². The van der Waals surface area contributed by atoms with E-state index in [0.29, 0.717) is 17.7 Å². The minimum Gasteiger partial charge on any atom is -0.381 e. The maximum absolute atomic E-state index is 13.0. The summed E-state index contributed by atoms with van der Waals surface area (Å²) in [5.41, 5.74) is 1.21. The first kappa shape index (κ1) is 16.5. The van der Waals surface area contributed by atoms with Gasteiger partial charge in [-0.1, -0.05) is 37.3 Å². The summed E-state index contributed by atoms with van der Waals surface area (Å²) in [4.78, 5) is 15.1. The number of rotatable bonds is 6. The molecule has 1 aromatic rings. The van der Waals surface area contributed by atoms with Gasteiger partial charge in [0.25, 0.3) is 0 Å². The van der Waals surface area contributed by atoms with Gasteiger partial charge in [0.1, 0.15) is 0 Å². The van der Waals surface area contributed by atoms with E-state index in [2.05, 4.69) is 29.3 Å². The van der Waals surface area contributed by atoms with E-state index >= 15 is 0 Å². The van der Waals surface area contributed by atoms with Crippen molar-refractivity contribution in [3.63, 3.8) is 0 Å². The summed E-state index contributed by atoms with van der Waals surface area (Å²) < 4.78 is 5.46. The van der Waals surface area contributed by atoms with Gasteiger partial charge in [-0.25, -0.2) is 0 Å². The fourth-order valence-corrected chi connectivity index (χ4v) is 3.43. The molecule has 2 heterocycles. The molecule has 1 atom stereocenters. The van der Waals surface area contributed by atoms with Crippen LogP contribution in [0.15, 0.2) is 30.3 Å². The summed E-state index contributed by atoms with van der Waals surface area (Å²) in [5.74, 6) is 1.49. The highest BCUT2D eigenvalue weighted by Crippen LogP contribution is 2.23. The fourth-order valence-electron chi connectivity index (χ4n) is 3.43.